The van der Waals surface area contributed by atoms with Crippen LogP contribution in [0.15, 0.2) is 77.9 Å². The Kier molecular flexibility index (Phi) is 6.07. The second-order valence-corrected chi connectivity index (χ2v) is 6.17. The molecule has 0 radical (unpaired) electrons. The van der Waals surface area contributed by atoms with Gasteiger partial charge in [-0.1, -0.05) is 35.9 Å². The van der Waals surface area contributed by atoms with Gasteiger partial charge in [0.15, 0.2) is 0 Å². The topological polar surface area (TPSA) is 70.9 Å². The molecule has 3 aromatic carbocycles. The van der Waals surface area contributed by atoms with Crippen molar-refractivity contribution in [1.29, 1.82) is 0 Å². The molecule has 0 fully saturated rings. The van der Waals surface area contributed by atoms with Gasteiger partial charge >= 0.3 is 0 Å². The summed E-state index contributed by atoms with van der Waals surface area (Å²) in [5.41, 5.74) is 4.65. The standard InChI is InChI=1S/C21H17ClN2O3/c22-18-8-4-15(5-9-18)14-27-20-3-1-2-16(12-20)13-23-24-21(26)17-6-10-19(25)11-7-17/h1-13,25H,14H2,(H,24,26)/b23-13+. The van der Waals surface area contributed by atoms with E-state index in [9.17, 15) is 9.90 Å². The second-order valence-electron chi connectivity index (χ2n) is 5.73. The number of benzene rings is 3. The van der Waals surface area contributed by atoms with Crippen molar-refractivity contribution in [2.45, 2.75) is 6.61 Å². The Bertz CT molecular complexity index is 938. The lowest BCUT2D eigenvalue weighted by Gasteiger charge is -2.07. The van der Waals surface area contributed by atoms with E-state index in [0.717, 1.165) is 11.1 Å². The summed E-state index contributed by atoms with van der Waals surface area (Å²) in [6.07, 6.45) is 1.54. The molecule has 0 saturated carbocycles. The van der Waals surface area contributed by atoms with Crippen molar-refractivity contribution in [3.63, 3.8) is 0 Å². The van der Waals surface area contributed by atoms with Crippen LogP contribution in [-0.2, 0) is 6.61 Å². The van der Waals surface area contributed by atoms with Gasteiger partial charge in [-0.3, -0.25) is 4.79 Å². The summed E-state index contributed by atoms with van der Waals surface area (Å²) in [6.45, 7) is 0.426. The number of hydrogen-bond acceptors (Lipinski definition) is 4. The molecule has 0 bridgehead atoms. The number of phenolic OH excluding ortho intramolecular Hbond substituents is 1. The van der Waals surface area contributed by atoms with Crippen LogP contribution in [0.2, 0.25) is 5.02 Å². The van der Waals surface area contributed by atoms with Gasteiger partial charge in [-0.15, -0.1) is 0 Å². The highest BCUT2D eigenvalue weighted by Gasteiger charge is 2.03. The zero-order valence-corrected chi connectivity index (χ0v) is 15.1. The van der Waals surface area contributed by atoms with E-state index in [0.29, 0.717) is 22.9 Å². The van der Waals surface area contributed by atoms with Gasteiger partial charge in [0.05, 0.1) is 6.21 Å². The predicted octanol–water partition coefficient (Wildman–Crippen LogP) is 4.39. The number of hydrazone groups is 1. The van der Waals surface area contributed by atoms with Crippen molar-refractivity contribution in [2.24, 2.45) is 5.10 Å². The molecule has 2 N–H and O–H groups in total. The molecule has 3 rings (SSSR count). The van der Waals surface area contributed by atoms with Crippen LogP contribution < -0.4 is 10.2 Å². The average molecular weight is 381 g/mol. The maximum atomic E-state index is 12.0. The summed E-state index contributed by atoms with van der Waals surface area (Å²) >= 11 is 5.87. The molecule has 1 amide bonds. The number of hydrogen-bond donors (Lipinski definition) is 2. The van der Waals surface area contributed by atoms with E-state index in [2.05, 4.69) is 10.5 Å². The number of rotatable bonds is 6. The lowest BCUT2D eigenvalue weighted by atomic mass is 10.2. The van der Waals surface area contributed by atoms with E-state index in [1.807, 2.05) is 48.5 Å². The predicted molar refractivity (Wildman–Crippen MR) is 105 cm³/mol. The number of carbonyl (C=O) groups is 1. The minimum absolute atomic E-state index is 0.102. The smallest absolute Gasteiger partial charge is 0.271 e. The van der Waals surface area contributed by atoms with Crippen molar-refractivity contribution in [2.75, 3.05) is 0 Å². The van der Waals surface area contributed by atoms with Gasteiger partial charge in [-0.2, -0.15) is 5.10 Å². The minimum Gasteiger partial charge on any atom is -0.508 e. The van der Waals surface area contributed by atoms with E-state index in [-0.39, 0.29) is 11.7 Å². The number of aromatic hydroxyl groups is 1. The lowest BCUT2D eigenvalue weighted by Crippen LogP contribution is -2.17. The molecule has 0 atom stereocenters. The third kappa shape index (κ3) is 5.59. The number of carbonyl (C=O) groups excluding carboxylic acids is 1. The first-order chi connectivity index (χ1) is 13.1. The lowest BCUT2D eigenvalue weighted by molar-refractivity contribution is 0.0955. The van der Waals surface area contributed by atoms with Gasteiger partial charge in [0.25, 0.3) is 5.91 Å². The summed E-state index contributed by atoms with van der Waals surface area (Å²) in [4.78, 5) is 12.0. The molecule has 27 heavy (non-hydrogen) atoms. The normalized spacial score (nSPS) is 10.7. The Morgan fingerprint density at radius 2 is 1.81 bits per heavy atom. The second kappa shape index (κ2) is 8.87. The Morgan fingerprint density at radius 3 is 2.56 bits per heavy atom. The number of halogens is 1. The quantitative estimate of drug-likeness (QED) is 0.492. The van der Waals surface area contributed by atoms with E-state index in [4.69, 9.17) is 16.3 Å². The van der Waals surface area contributed by atoms with Crippen molar-refractivity contribution in [1.82, 2.24) is 5.43 Å². The van der Waals surface area contributed by atoms with Crippen molar-refractivity contribution < 1.29 is 14.6 Å². The van der Waals surface area contributed by atoms with Crippen LogP contribution in [0.3, 0.4) is 0 Å². The van der Waals surface area contributed by atoms with Crippen LogP contribution in [0.5, 0.6) is 11.5 Å². The summed E-state index contributed by atoms with van der Waals surface area (Å²) < 4.78 is 5.76. The molecule has 0 aliphatic carbocycles. The zero-order chi connectivity index (χ0) is 19.1. The molecule has 6 heteroatoms. The summed E-state index contributed by atoms with van der Waals surface area (Å²) in [5.74, 6) is 0.436. The highest BCUT2D eigenvalue weighted by molar-refractivity contribution is 6.30. The number of amides is 1. The van der Waals surface area contributed by atoms with Gasteiger partial charge in [-0.05, 0) is 59.7 Å². The Labute approximate surface area is 161 Å². The van der Waals surface area contributed by atoms with Crippen LogP contribution in [0.25, 0.3) is 0 Å². The Balaban J connectivity index is 1.56. The first-order valence-electron chi connectivity index (χ1n) is 8.20. The van der Waals surface area contributed by atoms with Crippen molar-refractivity contribution >= 4 is 23.7 Å². The van der Waals surface area contributed by atoms with Gasteiger partial charge in [0.2, 0.25) is 0 Å². The molecule has 136 valence electrons. The maximum Gasteiger partial charge on any atom is 0.271 e. The fraction of sp³-hybridized carbons (Fsp3) is 0.0476. The summed E-state index contributed by atoms with van der Waals surface area (Å²) in [5, 5.41) is 13.9. The SMILES string of the molecule is O=C(N/N=C/c1cccc(OCc2ccc(Cl)cc2)c1)c1ccc(O)cc1. The fourth-order valence-electron chi connectivity index (χ4n) is 2.27. The zero-order valence-electron chi connectivity index (χ0n) is 14.3. The molecule has 0 aromatic heterocycles. The largest absolute Gasteiger partial charge is 0.508 e. The molecule has 5 nitrogen and oxygen atoms in total. The monoisotopic (exact) mass is 380 g/mol. The van der Waals surface area contributed by atoms with Crippen LogP contribution in [-0.4, -0.2) is 17.2 Å². The van der Waals surface area contributed by atoms with Crippen LogP contribution >= 0.6 is 11.6 Å². The third-order valence-electron chi connectivity index (χ3n) is 3.69. The fourth-order valence-corrected chi connectivity index (χ4v) is 2.40. The molecular weight excluding hydrogens is 364 g/mol. The Morgan fingerprint density at radius 1 is 1.07 bits per heavy atom. The van der Waals surface area contributed by atoms with Crippen molar-refractivity contribution in [3.8, 4) is 11.5 Å². The molecule has 0 unspecified atom stereocenters. The molecule has 0 spiro atoms. The number of nitrogens with one attached hydrogen (secondary N) is 1. The minimum atomic E-state index is -0.360. The van der Waals surface area contributed by atoms with Gasteiger partial charge in [0, 0.05) is 10.6 Å². The van der Waals surface area contributed by atoms with E-state index < -0.39 is 0 Å². The molecule has 0 heterocycles. The van der Waals surface area contributed by atoms with Crippen LogP contribution in [0.4, 0.5) is 0 Å². The number of phenols is 1. The van der Waals surface area contributed by atoms with E-state index in [1.54, 1.807) is 0 Å². The Hall–Kier alpha value is -3.31. The molecule has 0 aliphatic heterocycles. The summed E-state index contributed by atoms with van der Waals surface area (Å²) in [6, 6.07) is 20.8. The molecule has 3 aromatic rings. The number of ether oxygens (including phenoxy) is 1. The molecular formula is C21H17ClN2O3. The van der Waals surface area contributed by atoms with Crippen LogP contribution in [0.1, 0.15) is 21.5 Å². The molecule has 0 saturated heterocycles. The number of nitrogens with zero attached hydrogens (tertiary/aromatic N) is 1. The highest BCUT2D eigenvalue weighted by Crippen LogP contribution is 2.16. The first-order valence-corrected chi connectivity index (χ1v) is 8.58. The highest BCUT2D eigenvalue weighted by atomic mass is 35.5. The van der Waals surface area contributed by atoms with Gasteiger partial charge < -0.3 is 9.84 Å². The van der Waals surface area contributed by atoms with E-state index >= 15 is 0 Å². The van der Waals surface area contributed by atoms with Crippen molar-refractivity contribution in [3.05, 3.63) is 94.5 Å². The third-order valence-corrected chi connectivity index (χ3v) is 3.94. The summed E-state index contributed by atoms with van der Waals surface area (Å²) in [7, 11) is 0. The maximum absolute atomic E-state index is 12.0. The van der Waals surface area contributed by atoms with Gasteiger partial charge in [-0.25, -0.2) is 5.43 Å². The van der Waals surface area contributed by atoms with Crippen LogP contribution in [0, 0.1) is 0 Å². The first kappa shape index (κ1) is 18.5. The van der Waals surface area contributed by atoms with E-state index in [1.165, 1.54) is 30.5 Å². The average Bonchev–Trinajstić information content (AvgIpc) is 2.68. The molecule has 0 aliphatic rings. The van der Waals surface area contributed by atoms with Gasteiger partial charge in [0.1, 0.15) is 18.1 Å².